The van der Waals surface area contributed by atoms with Crippen LogP contribution in [0.2, 0.25) is 10.0 Å². The topological polar surface area (TPSA) is 6.25 Å². The molecule has 0 aromatic heterocycles. The van der Waals surface area contributed by atoms with Gasteiger partial charge in [-0.15, -0.1) is 0 Å². The molecule has 0 fully saturated rings. The van der Waals surface area contributed by atoms with Crippen LogP contribution in [0.25, 0.3) is 0 Å². The van der Waals surface area contributed by atoms with Crippen molar-refractivity contribution in [2.45, 2.75) is 4.90 Å². The van der Waals surface area contributed by atoms with Crippen LogP contribution in [-0.2, 0) is 0 Å². The molecule has 1 aromatic carbocycles. The second kappa shape index (κ2) is 7.71. The van der Waals surface area contributed by atoms with E-state index in [2.05, 4.69) is 0 Å². The van der Waals surface area contributed by atoms with E-state index in [4.69, 9.17) is 23.2 Å². The molecule has 0 bridgehead atoms. The predicted molar refractivity (Wildman–Crippen MR) is 73.1 cm³/mol. The average Bonchev–Trinajstić information content (AvgIpc) is 2.15. The number of hydrogen-bond acceptors (Lipinski definition) is 1. The normalized spacial score (nSPS) is 9.53. The lowest BCUT2D eigenvalue weighted by Gasteiger charge is -2.12. The summed E-state index contributed by atoms with van der Waals surface area (Å²) in [6, 6.07) is 5.54. The van der Waals surface area contributed by atoms with Crippen LogP contribution in [0.3, 0.4) is 0 Å². The van der Waals surface area contributed by atoms with E-state index in [0.29, 0.717) is 10.0 Å². The summed E-state index contributed by atoms with van der Waals surface area (Å²) in [6.07, 6.45) is 0. The molecule has 1 rings (SSSR count). The Balaban J connectivity index is 0.00000256. The summed E-state index contributed by atoms with van der Waals surface area (Å²) in [6.45, 7) is 0. The van der Waals surface area contributed by atoms with Crippen molar-refractivity contribution in [3.63, 3.8) is 0 Å². The van der Waals surface area contributed by atoms with Crippen molar-refractivity contribution in [1.82, 2.24) is 4.90 Å². The summed E-state index contributed by atoms with van der Waals surface area (Å²) in [5.41, 5.74) is 0. The van der Waals surface area contributed by atoms with Crippen LogP contribution in [-0.4, -0.2) is 42.8 Å². The number of rotatable bonds is 1. The summed E-state index contributed by atoms with van der Waals surface area (Å²) in [5.74, 6) is 0. The molecule has 0 aliphatic carbocycles. The number of thioether (sulfide) groups is 1. The van der Waals surface area contributed by atoms with E-state index in [-0.39, 0.29) is 24.0 Å². The van der Waals surface area contributed by atoms with Crippen molar-refractivity contribution < 1.29 is 28.6 Å². The highest BCUT2D eigenvalue weighted by Crippen LogP contribution is 2.34. The molecule has 2 nitrogen and oxygen atoms in total. The van der Waals surface area contributed by atoms with E-state index in [1.807, 2.05) is 55.9 Å². The molecular weight excluding hydrogens is 390 g/mol. The highest BCUT2D eigenvalue weighted by Gasteiger charge is 2.17. The molecule has 6 heteroatoms. The van der Waals surface area contributed by atoms with Crippen molar-refractivity contribution >= 4 is 40.1 Å². The Morgan fingerprint density at radius 2 is 1.65 bits per heavy atom. The van der Waals surface area contributed by atoms with Gasteiger partial charge in [-0.05, 0) is 12.1 Å². The Labute approximate surface area is 134 Å². The number of amidine groups is 1. The lowest BCUT2D eigenvalue weighted by Crippen LogP contribution is -3.00. The lowest BCUT2D eigenvalue weighted by molar-refractivity contribution is -0.466. The summed E-state index contributed by atoms with van der Waals surface area (Å²) in [4.78, 5) is 2.92. The zero-order valence-corrected chi connectivity index (χ0v) is 14.7. The molecule has 0 aliphatic rings. The number of halogens is 3. The molecule has 0 heterocycles. The standard InChI is InChI=1S/C11H15Cl2N2S.HI/c1-14(2)11(15(3)4)16-10-8(12)6-5-7-9(10)13;/h5-7H,1-4H3;1H/q+1;/p-1. The predicted octanol–water partition coefficient (Wildman–Crippen LogP) is 0.279. The van der Waals surface area contributed by atoms with Crippen molar-refractivity contribution in [2.24, 2.45) is 0 Å². The second-order valence-corrected chi connectivity index (χ2v) is 5.52. The maximum absolute atomic E-state index is 6.13. The molecule has 0 aliphatic heterocycles. The molecule has 96 valence electrons. The molecule has 1 aromatic rings. The van der Waals surface area contributed by atoms with E-state index in [0.717, 1.165) is 10.1 Å². The van der Waals surface area contributed by atoms with Gasteiger partial charge in [0.2, 0.25) is 0 Å². The Morgan fingerprint density at radius 1 is 1.18 bits per heavy atom. The minimum atomic E-state index is 0. The maximum atomic E-state index is 6.13. The fourth-order valence-electron chi connectivity index (χ4n) is 1.25. The molecule has 0 saturated heterocycles. The van der Waals surface area contributed by atoms with Crippen LogP contribution < -0.4 is 24.0 Å². The molecule has 0 atom stereocenters. The molecule has 0 amide bonds. The van der Waals surface area contributed by atoms with Crippen LogP contribution in [0.4, 0.5) is 0 Å². The van der Waals surface area contributed by atoms with Gasteiger partial charge in [-0.25, -0.2) is 0 Å². The van der Waals surface area contributed by atoms with Gasteiger partial charge in [-0.1, -0.05) is 29.3 Å². The third-order valence-electron chi connectivity index (χ3n) is 1.88. The minimum Gasteiger partial charge on any atom is -1.00 e. The van der Waals surface area contributed by atoms with Gasteiger partial charge < -0.3 is 24.0 Å². The van der Waals surface area contributed by atoms with Crippen LogP contribution in [0.1, 0.15) is 0 Å². The van der Waals surface area contributed by atoms with Gasteiger partial charge in [0.1, 0.15) is 0 Å². The fraction of sp³-hybridized carbons (Fsp3) is 0.364. The zero-order valence-electron chi connectivity index (χ0n) is 10.2. The van der Waals surface area contributed by atoms with Gasteiger partial charge in [0.15, 0.2) is 0 Å². The Morgan fingerprint density at radius 3 is 2.00 bits per heavy atom. The summed E-state index contributed by atoms with van der Waals surface area (Å²) >= 11 is 13.8. The summed E-state index contributed by atoms with van der Waals surface area (Å²) in [5, 5.41) is 2.44. The van der Waals surface area contributed by atoms with Gasteiger partial charge in [-0.2, -0.15) is 0 Å². The first-order valence-electron chi connectivity index (χ1n) is 4.77. The van der Waals surface area contributed by atoms with E-state index < -0.39 is 0 Å². The zero-order chi connectivity index (χ0) is 12.3. The first-order valence-corrected chi connectivity index (χ1v) is 6.34. The molecule has 0 radical (unpaired) electrons. The highest BCUT2D eigenvalue weighted by atomic mass is 127. The SMILES string of the molecule is CN(C)C(Sc1c(Cl)cccc1Cl)=[N+](C)C.[I-]. The lowest BCUT2D eigenvalue weighted by atomic mass is 10.4. The fourth-order valence-corrected chi connectivity index (χ4v) is 2.76. The van der Waals surface area contributed by atoms with Crippen LogP contribution in [0, 0.1) is 0 Å². The first-order chi connectivity index (χ1) is 7.43. The number of nitrogens with zero attached hydrogens (tertiary/aromatic N) is 2. The summed E-state index contributed by atoms with van der Waals surface area (Å²) in [7, 11) is 7.97. The highest BCUT2D eigenvalue weighted by molar-refractivity contribution is 8.13. The van der Waals surface area contributed by atoms with Gasteiger partial charge in [-0.3, -0.25) is 9.48 Å². The molecule has 0 N–H and O–H groups in total. The van der Waals surface area contributed by atoms with Crippen molar-refractivity contribution in [2.75, 3.05) is 28.2 Å². The largest absolute Gasteiger partial charge is 1.00 e. The van der Waals surface area contributed by atoms with E-state index >= 15 is 0 Å². The first kappa shape index (κ1) is 17.4. The molecule has 0 saturated carbocycles. The Bertz CT molecular complexity index is 398. The Hall–Kier alpha value is 0.350. The van der Waals surface area contributed by atoms with Crippen molar-refractivity contribution in [3.05, 3.63) is 28.2 Å². The number of benzene rings is 1. The van der Waals surface area contributed by atoms with E-state index in [9.17, 15) is 0 Å². The molecule has 0 spiro atoms. The third-order valence-corrected chi connectivity index (χ3v) is 4.29. The van der Waals surface area contributed by atoms with Gasteiger partial charge >= 0.3 is 5.17 Å². The van der Waals surface area contributed by atoms with Gasteiger partial charge in [0.05, 0.1) is 43.1 Å². The van der Waals surface area contributed by atoms with Gasteiger partial charge in [0.25, 0.3) is 0 Å². The second-order valence-electron chi connectivity index (χ2n) is 3.72. The number of hydrogen-bond donors (Lipinski definition) is 0. The van der Waals surface area contributed by atoms with Crippen LogP contribution >= 0.6 is 35.0 Å². The third kappa shape index (κ3) is 4.85. The monoisotopic (exact) mass is 404 g/mol. The van der Waals surface area contributed by atoms with Crippen molar-refractivity contribution in [1.29, 1.82) is 0 Å². The van der Waals surface area contributed by atoms with E-state index in [1.165, 1.54) is 0 Å². The van der Waals surface area contributed by atoms with Crippen LogP contribution in [0.15, 0.2) is 23.1 Å². The molecule has 17 heavy (non-hydrogen) atoms. The smallest absolute Gasteiger partial charge is 0.312 e. The van der Waals surface area contributed by atoms with E-state index in [1.54, 1.807) is 11.8 Å². The minimum absolute atomic E-state index is 0. The molecular formula is C11H15Cl2IN2S. The van der Waals surface area contributed by atoms with Crippen molar-refractivity contribution in [3.8, 4) is 0 Å². The van der Waals surface area contributed by atoms with Crippen LogP contribution in [0.5, 0.6) is 0 Å². The average molecular weight is 405 g/mol. The molecule has 0 unspecified atom stereocenters. The van der Waals surface area contributed by atoms with Gasteiger partial charge in [0, 0.05) is 11.8 Å². The summed E-state index contributed by atoms with van der Waals surface area (Å²) < 4.78 is 2.03. The maximum Gasteiger partial charge on any atom is 0.312 e. The quantitative estimate of drug-likeness (QED) is 0.218. The Kier molecular flexibility index (Phi) is 7.87.